The van der Waals surface area contributed by atoms with E-state index in [9.17, 15) is 18.8 Å². The van der Waals surface area contributed by atoms with Crippen LogP contribution in [0.5, 0.6) is 0 Å². The van der Waals surface area contributed by atoms with Gasteiger partial charge in [-0.1, -0.05) is 6.07 Å². The van der Waals surface area contributed by atoms with Crippen molar-refractivity contribution < 1.29 is 23.5 Å². The van der Waals surface area contributed by atoms with Crippen molar-refractivity contribution in [3.8, 4) is 0 Å². The Balaban J connectivity index is 1.84. The molecule has 1 aliphatic carbocycles. The van der Waals surface area contributed by atoms with Crippen LogP contribution in [0.15, 0.2) is 24.3 Å². The van der Waals surface area contributed by atoms with Crippen molar-refractivity contribution >= 4 is 17.7 Å². The zero-order valence-electron chi connectivity index (χ0n) is 16.2. The molecule has 1 aromatic heterocycles. The van der Waals surface area contributed by atoms with Gasteiger partial charge in [0.1, 0.15) is 11.5 Å². The second-order valence-corrected chi connectivity index (χ2v) is 6.94. The Labute approximate surface area is 162 Å². The fourth-order valence-corrected chi connectivity index (χ4v) is 3.35. The molecule has 0 atom stereocenters. The molecule has 0 spiro atoms. The number of H-pyrrole nitrogens is 1. The standard InChI is InChI=1S/C21H23FN2O4/c1-4-28-21(27)19-12(2)18(13(3)23-19)17(25)11-24(16-8-9-16)20(26)14-6-5-7-15(22)10-14/h5-7,10,16,23H,4,8-9,11H2,1-3H3. The number of ether oxygens (including phenoxy) is 1. The largest absolute Gasteiger partial charge is 0.461 e. The summed E-state index contributed by atoms with van der Waals surface area (Å²) >= 11 is 0. The average Bonchev–Trinajstić information content (AvgIpc) is 3.44. The molecule has 3 rings (SSSR count). The number of Topliss-reactive ketones (excluding diaryl/α,β-unsaturated/α-hetero) is 1. The molecule has 1 fully saturated rings. The van der Waals surface area contributed by atoms with Gasteiger partial charge in [-0.15, -0.1) is 0 Å². The van der Waals surface area contributed by atoms with Gasteiger partial charge in [0.05, 0.1) is 13.2 Å². The number of halogens is 1. The zero-order valence-corrected chi connectivity index (χ0v) is 16.2. The maximum Gasteiger partial charge on any atom is 0.355 e. The predicted molar refractivity (Wildman–Crippen MR) is 101 cm³/mol. The highest BCUT2D eigenvalue weighted by Crippen LogP contribution is 2.29. The molecule has 1 saturated carbocycles. The van der Waals surface area contributed by atoms with Crippen LogP contribution in [-0.2, 0) is 4.74 Å². The number of benzene rings is 1. The summed E-state index contributed by atoms with van der Waals surface area (Å²) in [4.78, 5) is 42.3. The summed E-state index contributed by atoms with van der Waals surface area (Å²) in [6, 6.07) is 5.43. The number of aromatic amines is 1. The highest BCUT2D eigenvalue weighted by atomic mass is 19.1. The van der Waals surface area contributed by atoms with Crippen LogP contribution in [0.2, 0.25) is 0 Å². The van der Waals surface area contributed by atoms with E-state index in [0.29, 0.717) is 16.8 Å². The van der Waals surface area contributed by atoms with Gasteiger partial charge in [-0.2, -0.15) is 0 Å². The Hall–Kier alpha value is -2.96. The first kappa shape index (κ1) is 19.8. The van der Waals surface area contributed by atoms with Crippen molar-refractivity contribution in [1.29, 1.82) is 0 Å². The Morgan fingerprint density at radius 3 is 2.57 bits per heavy atom. The fraction of sp³-hybridized carbons (Fsp3) is 0.381. The Morgan fingerprint density at radius 2 is 1.96 bits per heavy atom. The molecule has 1 aliphatic rings. The molecule has 148 valence electrons. The SMILES string of the molecule is CCOC(=O)c1[nH]c(C)c(C(=O)CN(C(=O)c2cccc(F)c2)C2CC2)c1C. The van der Waals surface area contributed by atoms with E-state index in [2.05, 4.69) is 4.98 Å². The lowest BCUT2D eigenvalue weighted by molar-refractivity contribution is 0.0519. The lowest BCUT2D eigenvalue weighted by Crippen LogP contribution is -2.37. The summed E-state index contributed by atoms with van der Waals surface area (Å²) in [5, 5.41) is 0. The quantitative estimate of drug-likeness (QED) is 0.584. The topological polar surface area (TPSA) is 79.5 Å². The molecule has 0 aliphatic heterocycles. The van der Waals surface area contributed by atoms with Crippen LogP contribution < -0.4 is 0 Å². The average molecular weight is 386 g/mol. The van der Waals surface area contributed by atoms with Crippen LogP contribution in [0, 0.1) is 19.7 Å². The van der Waals surface area contributed by atoms with Crippen molar-refractivity contribution in [1.82, 2.24) is 9.88 Å². The van der Waals surface area contributed by atoms with Gasteiger partial charge in [-0.25, -0.2) is 9.18 Å². The van der Waals surface area contributed by atoms with E-state index in [0.717, 1.165) is 12.8 Å². The van der Waals surface area contributed by atoms with Gasteiger partial charge >= 0.3 is 5.97 Å². The minimum atomic E-state index is -0.517. The van der Waals surface area contributed by atoms with Gasteiger partial charge in [-0.05, 0) is 57.4 Å². The predicted octanol–water partition coefficient (Wildman–Crippen LogP) is 3.43. The van der Waals surface area contributed by atoms with Crippen LogP contribution >= 0.6 is 0 Å². The van der Waals surface area contributed by atoms with E-state index >= 15 is 0 Å². The van der Waals surface area contributed by atoms with E-state index in [1.54, 1.807) is 20.8 Å². The molecule has 28 heavy (non-hydrogen) atoms. The highest BCUT2D eigenvalue weighted by Gasteiger charge is 2.35. The van der Waals surface area contributed by atoms with Gasteiger partial charge in [-0.3, -0.25) is 9.59 Å². The van der Waals surface area contributed by atoms with Crippen molar-refractivity contribution in [3.05, 3.63) is 58.2 Å². The molecule has 0 unspecified atom stereocenters. The third-order valence-electron chi connectivity index (χ3n) is 4.83. The summed E-state index contributed by atoms with van der Waals surface area (Å²) < 4.78 is 18.5. The molecule has 1 aromatic carbocycles. The van der Waals surface area contributed by atoms with Crippen LogP contribution in [-0.4, -0.2) is 46.7 Å². The van der Waals surface area contributed by atoms with Crippen molar-refractivity contribution in [2.24, 2.45) is 0 Å². The third kappa shape index (κ3) is 3.98. The maximum atomic E-state index is 13.5. The number of nitrogens with one attached hydrogen (secondary N) is 1. The number of aromatic nitrogens is 1. The smallest absolute Gasteiger partial charge is 0.355 e. The zero-order chi connectivity index (χ0) is 20.4. The first-order valence-corrected chi connectivity index (χ1v) is 9.29. The number of hydrogen-bond acceptors (Lipinski definition) is 4. The van der Waals surface area contributed by atoms with Gasteiger partial charge in [0, 0.05) is 22.9 Å². The van der Waals surface area contributed by atoms with Crippen LogP contribution in [0.1, 0.15) is 62.2 Å². The Bertz CT molecular complexity index is 930. The summed E-state index contributed by atoms with van der Waals surface area (Å²) in [5.74, 6) is -1.65. The molecule has 2 aromatic rings. The molecule has 7 heteroatoms. The summed E-state index contributed by atoms with van der Waals surface area (Å²) in [7, 11) is 0. The van der Waals surface area contributed by atoms with Crippen LogP contribution in [0.4, 0.5) is 4.39 Å². The molecule has 0 radical (unpaired) electrons. The number of amides is 1. The lowest BCUT2D eigenvalue weighted by atomic mass is 10.0. The molecule has 0 saturated heterocycles. The van der Waals surface area contributed by atoms with Crippen LogP contribution in [0.25, 0.3) is 0 Å². The van der Waals surface area contributed by atoms with Crippen LogP contribution in [0.3, 0.4) is 0 Å². The van der Waals surface area contributed by atoms with Crippen molar-refractivity contribution in [2.75, 3.05) is 13.2 Å². The molecule has 6 nitrogen and oxygen atoms in total. The second-order valence-electron chi connectivity index (χ2n) is 6.94. The van der Waals surface area contributed by atoms with E-state index < -0.39 is 11.8 Å². The molecule has 1 amide bonds. The monoisotopic (exact) mass is 386 g/mol. The molecular formula is C21H23FN2O4. The van der Waals surface area contributed by atoms with E-state index in [1.165, 1.54) is 29.2 Å². The van der Waals surface area contributed by atoms with E-state index in [-0.39, 0.29) is 42.1 Å². The van der Waals surface area contributed by atoms with Gasteiger partial charge < -0.3 is 14.6 Å². The van der Waals surface area contributed by atoms with Gasteiger partial charge in [0.15, 0.2) is 5.78 Å². The second kappa shape index (κ2) is 7.96. The van der Waals surface area contributed by atoms with Crippen molar-refractivity contribution in [3.63, 3.8) is 0 Å². The number of hydrogen-bond donors (Lipinski definition) is 1. The highest BCUT2D eigenvalue weighted by molar-refractivity contribution is 6.06. The number of carbonyl (C=O) groups excluding carboxylic acids is 3. The van der Waals surface area contributed by atoms with E-state index in [1.807, 2.05) is 0 Å². The molecule has 0 bridgehead atoms. The normalized spacial score (nSPS) is 13.3. The molecule has 1 heterocycles. The molecular weight excluding hydrogens is 363 g/mol. The molecule has 1 N–H and O–H groups in total. The number of nitrogens with zero attached hydrogens (tertiary/aromatic N) is 1. The number of aryl methyl sites for hydroxylation is 1. The summed E-state index contributed by atoms with van der Waals surface area (Å²) in [6.07, 6.45) is 1.63. The number of rotatable bonds is 7. The third-order valence-corrected chi connectivity index (χ3v) is 4.83. The Morgan fingerprint density at radius 1 is 1.25 bits per heavy atom. The van der Waals surface area contributed by atoms with Crippen molar-refractivity contribution in [2.45, 2.75) is 39.7 Å². The van der Waals surface area contributed by atoms with Gasteiger partial charge in [0.2, 0.25) is 0 Å². The maximum absolute atomic E-state index is 13.5. The Kier molecular flexibility index (Phi) is 5.63. The number of carbonyl (C=O) groups is 3. The number of ketones is 1. The minimum Gasteiger partial charge on any atom is -0.461 e. The summed E-state index contributed by atoms with van der Waals surface area (Å²) in [6.45, 7) is 5.21. The lowest BCUT2D eigenvalue weighted by Gasteiger charge is -2.22. The van der Waals surface area contributed by atoms with Gasteiger partial charge in [0.25, 0.3) is 5.91 Å². The fourth-order valence-electron chi connectivity index (χ4n) is 3.35. The van der Waals surface area contributed by atoms with E-state index in [4.69, 9.17) is 4.74 Å². The number of esters is 1. The first-order valence-electron chi connectivity index (χ1n) is 9.29. The first-order chi connectivity index (χ1) is 13.3. The minimum absolute atomic E-state index is 0.0243. The summed E-state index contributed by atoms with van der Waals surface area (Å²) in [5.41, 5.74) is 1.92.